The van der Waals surface area contributed by atoms with E-state index in [9.17, 15) is 9.59 Å². The summed E-state index contributed by atoms with van der Waals surface area (Å²) in [6, 6.07) is 4.33. The van der Waals surface area contributed by atoms with Crippen LogP contribution in [0.4, 0.5) is 5.13 Å². The van der Waals surface area contributed by atoms with Gasteiger partial charge in [0.25, 0.3) is 0 Å². The number of nitrogens with zero attached hydrogens (tertiary/aromatic N) is 3. The lowest BCUT2D eigenvalue weighted by Gasteiger charge is -2.50. The molecule has 1 N–H and O–H groups in total. The third-order valence-corrected chi connectivity index (χ3v) is 12.3. The van der Waals surface area contributed by atoms with Crippen LogP contribution in [0.25, 0.3) is 0 Å². The van der Waals surface area contributed by atoms with E-state index in [1.807, 2.05) is 6.92 Å². The summed E-state index contributed by atoms with van der Waals surface area (Å²) >= 11 is 1.51. The number of nitrogens with one attached hydrogen (secondary N) is 1. The minimum atomic E-state index is -0.246. The largest absolute Gasteiger partial charge is 0.425 e. The van der Waals surface area contributed by atoms with Gasteiger partial charge >= 0.3 is 5.97 Å². The van der Waals surface area contributed by atoms with Crippen molar-refractivity contribution in [3.05, 3.63) is 39.9 Å². The summed E-state index contributed by atoms with van der Waals surface area (Å²) in [4.78, 5) is 39.5. The summed E-state index contributed by atoms with van der Waals surface area (Å²) < 4.78 is 6.30. The zero-order chi connectivity index (χ0) is 34.1. The number of carbonyl (C=O) groups is 2. The van der Waals surface area contributed by atoms with E-state index in [4.69, 9.17) is 9.57 Å². The SMILES string of the molecule is CCC(C(=O)Oc1cc2c(cc1C(C)(C)C)C1CC[C@]3(C)/C(=N/OC)C[C@@H](CCC(=O)Nc4ncc(C)s4)C3C1CC2)N(CC)CC. The molecule has 8 nitrogen and oxygen atoms in total. The number of likely N-dealkylation sites (N-methyl/N-ethyl adjacent to an activating group) is 1. The average Bonchev–Trinajstić information content (AvgIpc) is 3.56. The highest BCUT2D eigenvalue weighted by Gasteiger charge is 2.57. The molecule has 258 valence electrons. The molecule has 2 aromatic rings. The molecular formula is C38H56N4O4S. The normalized spacial score (nSPS) is 26.8. The minimum absolute atomic E-state index is 0.0303. The Morgan fingerprint density at radius 2 is 1.94 bits per heavy atom. The Morgan fingerprint density at radius 1 is 1.19 bits per heavy atom. The Labute approximate surface area is 286 Å². The number of fused-ring (bicyclic) bond motifs is 5. The van der Waals surface area contributed by atoms with Gasteiger partial charge in [-0.1, -0.05) is 59.7 Å². The zero-order valence-corrected chi connectivity index (χ0v) is 30.9. The number of oxime groups is 1. The maximum absolute atomic E-state index is 13.6. The van der Waals surface area contributed by atoms with Gasteiger partial charge in [0.1, 0.15) is 18.9 Å². The maximum atomic E-state index is 13.6. The zero-order valence-electron chi connectivity index (χ0n) is 30.1. The van der Waals surface area contributed by atoms with Crippen molar-refractivity contribution in [3.8, 4) is 5.75 Å². The first-order chi connectivity index (χ1) is 22.3. The number of aryl methyl sites for hydroxylation is 2. The number of hydrogen-bond donors (Lipinski definition) is 1. The lowest BCUT2D eigenvalue weighted by atomic mass is 9.53. The van der Waals surface area contributed by atoms with E-state index in [1.54, 1.807) is 13.3 Å². The fraction of sp³-hybridized carbons (Fsp3) is 0.684. The molecule has 6 atom stereocenters. The van der Waals surface area contributed by atoms with E-state index in [1.165, 1.54) is 22.5 Å². The number of thiazole rings is 1. The van der Waals surface area contributed by atoms with Crippen molar-refractivity contribution in [1.29, 1.82) is 0 Å². The topological polar surface area (TPSA) is 93.1 Å². The van der Waals surface area contributed by atoms with Crippen LogP contribution < -0.4 is 10.1 Å². The Balaban J connectivity index is 1.42. The monoisotopic (exact) mass is 664 g/mol. The highest BCUT2D eigenvalue weighted by atomic mass is 32.1. The molecule has 2 fully saturated rings. The third-order valence-electron chi connectivity index (χ3n) is 11.4. The fourth-order valence-electron chi connectivity index (χ4n) is 9.19. The highest BCUT2D eigenvalue weighted by Crippen LogP contribution is 2.63. The third kappa shape index (κ3) is 7.17. The van der Waals surface area contributed by atoms with Crippen molar-refractivity contribution in [1.82, 2.24) is 9.88 Å². The van der Waals surface area contributed by atoms with Gasteiger partial charge in [-0.15, -0.1) is 11.3 Å². The van der Waals surface area contributed by atoms with Gasteiger partial charge in [0.05, 0.1) is 5.71 Å². The van der Waals surface area contributed by atoms with Crippen molar-refractivity contribution >= 4 is 34.1 Å². The number of esters is 1. The van der Waals surface area contributed by atoms with E-state index in [0.717, 1.165) is 79.9 Å². The molecular weight excluding hydrogens is 609 g/mol. The molecule has 1 heterocycles. The second kappa shape index (κ2) is 14.4. The molecule has 4 unspecified atom stereocenters. The van der Waals surface area contributed by atoms with E-state index in [-0.39, 0.29) is 28.7 Å². The Kier molecular flexibility index (Phi) is 10.9. The summed E-state index contributed by atoms with van der Waals surface area (Å²) in [5.74, 6) is 2.31. The molecule has 47 heavy (non-hydrogen) atoms. The van der Waals surface area contributed by atoms with Crippen LogP contribution in [0.2, 0.25) is 0 Å². The van der Waals surface area contributed by atoms with E-state index in [2.05, 4.69) is 81.0 Å². The highest BCUT2D eigenvalue weighted by molar-refractivity contribution is 7.15. The van der Waals surface area contributed by atoms with Gasteiger partial charge in [-0.2, -0.15) is 0 Å². The predicted octanol–water partition coefficient (Wildman–Crippen LogP) is 8.28. The molecule has 9 heteroatoms. The van der Waals surface area contributed by atoms with Crippen LogP contribution in [0, 0.1) is 30.1 Å². The number of hydrogen-bond acceptors (Lipinski definition) is 8. The second-order valence-corrected chi connectivity index (χ2v) is 16.4. The molecule has 0 aliphatic heterocycles. The van der Waals surface area contributed by atoms with Gasteiger partial charge in [-0.3, -0.25) is 9.69 Å². The molecule has 2 saturated carbocycles. The maximum Gasteiger partial charge on any atom is 0.328 e. The van der Waals surface area contributed by atoms with Crippen molar-refractivity contribution in [2.24, 2.45) is 28.3 Å². The first-order valence-electron chi connectivity index (χ1n) is 17.8. The summed E-state index contributed by atoms with van der Waals surface area (Å²) in [6.07, 6.45) is 8.87. The number of benzene rings is 1. The van der Waals surface area contributed by atoms with Crippen LogP contribution in [0.1, 0.15) is 121 Å². The van der Waals surface area contributed by atoms with E-state index < -0.39 is 0 Å². The van der Waals surface area contributed by atoms with Crippen molar-refractivity contribution in [3.63, 3.8) is 0 Å². The first kappa shape index (κ1) is 35.5. The average molecular weight is 665 g/mol. The lowest BCUT2D eigenvalue weighted by molar-refractivity contribution is -0.140. The molecule has 1 aromatic carbocycles. The van der Waals surface area contributed by atoms with Gasteiger partial charge in [0.15, 0.2) is 5.13 Å². The van der Waals surface area contributed by atoms with Crippen molar-refractivity contribution < 1.29 is 19.2 Å². The molecule has 1 aromatic heterocycles. The molecule has 0 spiro atoms. The van der Waals surface area contributed by atoms with Gasteiger partial charge in [-0.05, 0) is 111 Å². The molecule has 1 amide bonds. The summed E-state index contributed by atoms with van der Waals surface area (Å²) in [6.45, 7) is 18.9. The summed E-state index contributed by atoms with van der Waals surface area (Å²) in [5.41, 5.74) is 4.79. The minimum Gasteiger partial charge on any atom is -0.425 e. The molecule has 5 rings (SSSR count). The van der Waals surface area contributed by atoms with Crippen LogP contribution in [0.15, 0.2) is 23.5 Å². The predicted molar refractivity (Wildman–Crippen MR) is 190 cm³/mol. The quantitative estimate of drug-likeness (QED) is 0.148. The molecule has 0 saturated heterocycles. The summed E-state index contributed by atoms with van der Waals surface area (Å²) in [7, 11) is 1.65. The number of rotatable bonds is 11. The molecule has 0 bridgehead atoms. The number of amides is 1. The molecule has 0 radical (unpaired) electrons. The van der Waals surface area contributed by atoms with E-state index in [0.29, 0.717) is 35.2 Å². The molecule has 3 aliphatic rings. The fourth-order valence-corrected chi connectivity index (χ4v) is 9.87. The van der Waals surface area contributed by atoms with Crippen molar-refractivity contribution in [2.75, 3.05) is 25.5 Å². The lowest BCUT2D eigenvalue weighted by Crippen LogP contribution is -2.44. The Morgan fingerprint density at radius 3 is 2.55 bits per heavy atom. The Bertz CT molecular complexity index is 1470. The number of ether oxygens (including phenoxy) is 1. The van der Waals surface area contributed by atoms with Crippen LogP contribution in [0.5, 0.6) is 5.75 Å². The number of anilines is 1. The van der Waals surface area contributed by atoms with Gasteiger partial charge < -0.3 is 14.9 Å². The Hall–Kier alpha value is -2.78. The summed E-state index contributed by atoms with van der Waals surface area (Å²) in [5, 5.41) is 8.28. The first-order valence-corrected chi connectivity index (χ1v) is 18.6. The van der Waals surface area contributed by atoms with Gasteiger partial charge in [0.2, 0.25) is 5.91 Å². The van der Waals surface area contributed by atoms with Crippen LogP contribution in [0.3, 0.4) is 0 Å². The van der Waals surface area contributed by atoms with E-state index >= 15 is 0 Å². The van der Waals surface area contributed by atoms with Gasteiger partial charge in [0, 0.05) is 28.5 Å². The van der Waals surface area contributed by atoms with Crippen LogP contribution in [-0.4, -0.2) is 53.7 Å². The molecule has 3 aliphatic carbocycles. The standard InChI is InChI=1S/C38H56N4O4S/c1-10-30(42(11-2)12-3)35(44)46-31-19-24-13-15-27-26(28(24)21-29(31)37(5,6)7)17-18-38(8)32(41-45-9)20-25(34(27)38)14-16-33(43)40-36-39-22-23(4)47-36/h19,21-22,25-27,30,34H,10-18,20H2,1-9H3,(H,39,40,43)/b41-32+/t25-,26?,27?,30?,34?,38-/m1/s1. The van der Waals surface area contributed by atoms with Crippen LogP contribution >= 0.6 is 11.3 Å². The number of aromatic nitrogens is 1. The van der Waals surface area contributed by atoms with Crippen molar-refractivity contribution in [2.45, 2.75) is 124 Å². The second-order valence-electron chi connectivity index (χ2n) is 15.2. The smallest absolute Gasteiger partial charge is 0.328 e. The number of carbonyl (C=O) groups excluding carboxylic acids is 2. The van der Waals surface area contributed by atoms with Gasteiger partial charge in [-0.25, -0.2) is 9.78 Å². The van der Waals surface area contributed by atoms with Crippen LogP contribution in [-0.2, 0) is 26.3 Å².